The molecule has 0 amide bonds. The first kappa shape index (κ1) is 13.6. The van der Waals surface area contributed by atoms with Crippen molar-refractivity contribution >= 4 is 0 Å². The molecule has 0 aromatic carbocycles. The van der Waals surface area contributed by atoms with E-state index in [-0.39, 0.29) is 6.10 Å². The Bertz CT molecular complexity index is 422. The highest BCUT2D eigenvalue weighted by molar-refractivity contribution is 5.23. The Labute approximate surface area is 110 Å². The maximum atomic E-state index is 9.97. The fraction of sp³-hybridized carbons (Fsp3) is 0.800. The highest BCUT2D eigenvalue weighted by Crippen LogP contribution is 2.39. The van der Waals surface area contributed by atoms with E-state index in [1.165, 1.54) is 11.3 Å². The molecule has 0 aliphatic heterocycles. The summed E-state index contributed by atoms with van der Waals surface area (Å²) in [5.41, 5.74) is 3.67. The molecule has 1 N–H and O–H groups in total. The van der Waals surface area contributed by atoms with Gasteiger partial charge < -0.3 is 5.11 Å². The zero-order valence-corrected chi connectivity index (χ0v) is 12.3. The number of aromatic nitrogens is 2. The summed E-state index contributed by atoms with van der Waals surface area (Å²) in [5, 5.41) is 14.7. The van der Waals surface area contributed by atoms with Crippen molar-refractivity contribution in [1.29, 1.82) is 0 Å². The van der Waals surface area contributed by atoms with Gasteiger partial charge in [-0.25, -0.2) is 0 Å². The van der Waals surface area contributed by atoms with Gasteiger partial charge in [-0.2, -0.15) is 5.10 Å². The summed E-state index contributed by atoms with van der Waals surface area (Å²) < 4.78 is 2.18. The summed E-state index contributed by atoms with van der Waals surface area (Å²) in [7, 11) is 0. The van der Waals surface area contributed by atoms with Gasteiger partial charge in [-0.05, 0) is 57.4 Å². The molecule has 2 rings (SSSR count). The largest absolute Gasteiger partial charge is 0.393 e. The number of aryl methyl sites for hydroxylation is 1. The Balaban J connectivity index is 2.35. The molecule has 1 saturated carbocycles. The third-order valence-corrected chi connectivity index (χ3v) is 4.70. The van der Waals surface area contributed by atoms with Gasteiger partial charge in [0.2, 0.25) is 0 Å². The van der Waals surface area contributed by atoms with Crippen LogP contribution in [0.5, 0.6) is 0 Å². The van der Waals surface area contributed by atoms with Gasteiger partial charge in [-0.1, -0.05) is 13.8 Å². The van der Waals surface area contributed by atoms with Crippen LogP contribution in [0.4, 0.5) is 0 Å². The van der Waals surface area contributed by atoms with Gasteiger partial charge in [0, 0.05) is 5.69 Å². The van der Waals surface area contributed by atoms with Crippen LogP contribution >= 0.6 is 0 Å². The van der Waals surface area contributed by atoms with Crippen molar-refractivity contribution in [2.45, 2.75) is 66.0 Å². The molecule has 0 spiro atoms. The molecule has 3 atom stereocenters. The summed E-state index contributed by atoms with van der Waals surface area (Å²) in [6.45, 7) is 10.9. The van der Waals surface area contributed by atoms with Crippen LogP contribution in [0, 0.1) is 32.6 Å². The summed E-state index contributed by atoms with van der Waals surface area (Å²) in [6.07, 6.45) is 2.75. The zero-order chi connectivity index (χ0) is 13.4. The second kappa shape index (κ2) is 5.04. The average Bonchev–Trinajstić information content (AvgIpc) is 2.56. The van der Waals surface area contributed by atoms with Gasteiger partial charge in [-0.15, -0.1) is 0 Å². The normalized spacial score (nSPS) is 28.9. The van der Waals surface area contributed by atoms with E-state index in [9.17, 15) is 5.11 Å². The lowest BCUT2D eigenvalue weighted by Gasteiger charge is -2.37. The van der Waals surface area contributed by atoms with Gasteiger partial charge >= 0.3 is 0 Å². The van der Waals surface area contributed by atoms with Gasteiger partial charge in [0.25, 0.3) is 0 Å². The summed E-state index contributed by atoms with van der Waals surface area (Å²) in [6, 6.07) is 0.362. The molecular formula is C15H26N2O. The Morgan fingerprint density at radius 3 is 2.39 bits per heavy atom. The molecule has 1 fully saturated rings. The molecular weight excluding hydrogens is 224 g/mol. The van der Waals surface area contributed by atoms with Crippen LogP contribution in [0.15, 0.2) is 0 Å². The fourth-order valence-corrected chi connectivity index (χ4v) is 3.28. The van der Waals surface area contributed by atoms with Crippen molar-refractivity contribution in [2.75, 3.05) is 0 Å². The Kier molecular flexibility index (Phi) is 3.81. The maximum absolute atomic E-state index is 9.97. The topological polar surface area (TPSA) is 38.0 Å². The van der Waals surface area contributed by atoms with E-state index in [0.717, 1.165) is 25.0 Å². The van der Waals surface area contributed by atoms with Crippen LogP contribution < -0.4 is 0 Å². The van der Waals surface area contributed by atoms with E-state index >= 15 is 0 Å². The van der Waals surface area contributed by atoms with E-state index in [4.69, 9.17) is 5.10 Å². The monoisotopic (exact) mass is 250 g/mol. The first-order valence-corrected chi connectivity index (χ1v) is 7.12. The third-order valence-electron chi connectivity index (χ3n) is 4.70. The smallest absolute Gasteiger partial charge is 0.0625 e. The second-order valence-electron chi connectivity index (χ2n) is 6.18. The Morgan fingerprint density at radius 2 is 1.89 bits per heavy atom. The molecule has 1 aliphatic rings. The molecule has 102 valence electrons. The number of rotatable bonds is 2. The summed E-state index contributed by atoms with van der Waals surface area (Å²) >= 11 is 0. The van der Waals surface area contributed by atoms with Crippen LogP contribution in [0.1, 0.15) is 56.1 Å². The Morgan fingerprint density at radius 1 is 1.22 bits per heavy atom. The van der Waals surface area contributed by atoms with Gasteiger partial charge in [-0.3, -0.25) is 4.68 Å². The molecule has 0 saturated heterocycles. The van der Waals surface area contributed by atoms with E-state index in [2.05, 4.69) is 39.3 Å². The lowest BCUT2D eigenvalue weighted by molar-refractivity contribution is 0.0512. The predicted molar refractivity (Wildman–Crippen MR) is 73.7 cm³/mol. The fourth-order valence-electron chi connectivity index (χ4n) is 3.28. The quantitative estimate of drug-likeness (QED) is 0.875. The number of nitrogens with zero attached hydrogens (tertiary/aromatic N) is 2. The lowest BCUT2D eigenvalue weighted by atomic mass is 9.76. The molecule has 0 bridgehead atoms. The van der Waals surface area contributed by atoms with E-state index in [1.54, 1.807) is 0 Å². The highest BCUT2D eigenvalue weighted by atomic mass is 16.3. The minimum Gasteiger partial charge on any atom is -0.393 e. The SMILES string of the molecule is Cc1nn(C2CC(O)CCC2C(C)C)c(C)c1C. The lowest BCUT2D eigenvalue weighted by Crippen LogP contribution is -2.34. The zero-order valence-electron chi connectivity index (χ0n) is 12.3. The first-order chi connectivity index (χ1) is 8.41. The average molecular weight is 250 g/mol. The van der Waals surface area contributed by atoms with Crippen molar-refractivity contribution in [3.63, 3.8) is 0 Å². The first-order valence-electron chi connectivity index (χ1n) is 7.12. The van der Waals surface area contributed by atoms with Gasteiger partial charge in [0.05, 0.1) is 17.8 Å². The number of hydrogen-bond donors (Lipinski definition) is 1. The third kappa shape index (κ3) is 2.33. The van der Waals surface area contributed by atoms with Crippen molar-refractivity contribution in [1.82, 2.24) is 9.78 Å². The highest BCUT2D eigenvalue weighted by Gasteiger charge is 2.34. The van der Waals surface area contributed by atoms with Crippen LogP contribution in [-0.4, -0.2) is 21.0 Å². The number of aliphatic hydroxyl groups excluding tert-OH is 1. The molecule has 1 aromatic heterocycles. The van der Waals surface area contributed by atoms with Gasteiger partial charge in [0.15, 0.2) is 0 Å². The van der Waals surface area contributed by atoms with E-state index in [1.807, 2.05) is 0 Å². The van der Waals surface area contributed by atoms with Crippen LogP contribution in [0.2, 0.25) is 0 Å². The molecule has 18 heavy (non-hydrogen) atoms. The van der Waals surface area contributed by atoms with Gasteiger partial charge in [0.1, 0.15) is 0 Å². The van der Waals surface area contributed by atoms with Crippen molar-refractivity contribution < 1.29 is 5.11 Å². The molecule has 3 heteroatoms. The minimum atomic E-state index is -0.158. The summed E-state index contributed by atoms with van der Waals surface area (Å²) in [5.74, 6) is 1.28. The van der Waals surface area contributed by atoms with Crippen molar-refractivity contribution in [2.24, 2.45) is 11.8 Å². The molecule has 1 aliphatic carbocycles. The number of hydrogen-bond acceptors (Lipinski definition) is 2. The standard InChI is InChI=1S/C15H26N2O/c1-9(2)14-7-6-13(18)8-15(14)17-12(5)10(3)11(4)16-17/h9,13-15,18H,6-8H2,1-5H3. The van der Waals surface area contributed by atoms with Crippen molar-refractivity contribution in [3.05, 3.63) is 17.0 Å². The number of aliphatic hydroxyl groups is 1. The van der Waals surface area contributed by atoms with Crippen LogP contribution in [0.25, 0.3) is 0 Å². The second-order valence-corrected chi connectivity index (χ2v) is 6.18. The van der Waals surface area contributed by atoms with E-state index in [0.29, 0.717) is 17.9 Å². The molecule has 0 radical (unpaired) electrons. The molecule has 1 aromatic rings. The minimum absolute atomic E-state index is 0.158. The molecule has 3 unspecified atom stereocenters. The molecule has 3 nitrogen and oxygen atoms in total. The van der Waals surface area contributed by atoms with E-state index < -0.39 is 0 Å². The van der Waals surface area contributed by atoms with Crippen LogP contribution in [0.3, 0.4) is 0 Å². The summed E-state index contributed by atoms with van der Waals surface area (Å²) in [4.78, 5) is 0. The van der Waals surface area contributed by atoms with Crippen LogP contribution in [-0.2, 0) is 0 Å². The predicted octanol–water partition coefficient (Wildman–Crippen LogP) is 3.17. The Hall–Kier alpha value is -0.830. The maximum Gasteiger partial charge on any atom is 0.0625 e. The molecule has 1 heterocycles. The van der Waals surface area contributed by atoms with Crippen molar-refractivity contribution in [3.8, 4) is 0 Å².